The van der Waals surface area contributed by atoms with Gasteiger partial charge in [-0.3, -0.25) is 0 Å². The summed E-state index contributed by atoms with van der Waals surface area (Å²) in [5.41, 5.74) is 7.51. The van der Waals surface area contributed by atoms with Crippen molar-refractivity contribution < 1.29 is 4.57 Å². The molecule has 1 nitrogen and oxygen atoms in total. The normalized spacial score (nSPS) is 12.7. The Kier molecular flexibility index (Phi) is 7.23. The Balaban J connectivity index is 2.68. The summed E-state index contributed by atoms with van der Waals surface area (Å²) in [6.45, 7) is 13.9. The van der Waals surface area contributed by atoms with Crippen LogP contribution >= 0.6 is 0 Å². The molecule has 28 heavy (non-hydrogen) atoms. The van der Waals surface area contributed by atoms with Crippen LogP contribution in [-0.2, 0) is 13.5 Å². The maximum atomic E-state index is 2.54. The summed E-state index contributed by atoms with van der Waals surface area (Å²) in [6.07, 6.45) is 5.98. The fourth-order valence-corrected chi connectivity index (χ4v) is 7.85. The van der Waals surface area contributed by atoms with Gasteiger partial charge in [0, 0.05) is 0 Å². The zero-order valence-electron chi connectivity index (χ0n) is 20.0. The van der Waals surface area contributed by atoms with E-state index in [-0.39, 0.29) is 0 Å². The van der Waals surface area contributed by atoms with Gasteiger partial charge in [0.25, 0.3) is 0 Å². The monoisotopic (exact) mass is 442 g/mol. The van der Waals surface area contributed by atoms with E-state index in [4.69, 9.17) is 0 Å². The van der Waals surface area contributed by atoms with E-state index in [1.807, 2.05) is 0 Å². The molecule has 1 aromatic heterocycles. The summed E-state index contributed by atoms with van der Waals surface area (Å²) < 4.78 is 4.03. The topological polar surface area (TPSA) is 3.88 Å². The number of rotatable bonds is 6. The van der Waals surface area contributed by atoms with E-state index < -0.39 is 13.3 Å². The molecule has 2 heteroatoms. The van der Waals surface area contributed by atoms with E-state index in [9.17, 15) is 0 Å². The van der Waals surface area contributed by atoms with Crippen LogP contribution < -0.4 is 8.96 Å². The van der Waals surface area contributed by atoms with Gasteiger partial charge in [-0.15, -0.1) is 0 Å². The van der Waals surface area contributed by atoms with Gasteiger partial charge in [0.15, 0.2) is 0 Å². The molecule has 0 aliphatic heterocycles. The number of hydrogen-bond donors (Lipinski definition) is 0. The second-order valence-corrected chi connectivity index (χ2v) is 21.4. The van der Waals surface area contributed by atoms with E-state index in [1.54, 1.807) is 9.96 Å². The van der Waals surface area contributed by atoms with E-state index in [1.165, 1.54) is 35.2 Å². The predicted molar refractivity (Wildman–Crippen MR) is 127 cm³/mol. The van der Waals surface area contributed by atoms with Gasteiger partial charge < -0.3 is 0 Å². The van der Waals surface area contributed by atoms with Crippen LogP contribution in [0.3, 0.4) is 0 Å². The van der Waals surface area contributed by atoms with Crippen LogP contribution in [-0.4, -0.2) is 13.3 Å². The van der Waals surface area contributed by atoms with Crippen molar-refractivity contribution >= 4 is 17.7 Å². The number of aromatic nitrogens is 1. The first-order valence-corrected chi connectivity index (χ1v) is 18.4. The zero-order valence-corrected chi connectivity index (χ0v) is 22.1. The van der Waals surface area contributed by atoms with Crippen LogP contribution in [0.1, 0.15) is 70.1 Å². The van der Waals surface area contributed by atoms with Gasteiger partial charge in [0.05, 0.1) is 0 Å². The van der Waals surface area contributed by atoms with Crippen LogP contribution in [0.15, 0.2) is 30.5 Å². The molecule has 0 unspecified atom stereocenters. The summed E-state index contributed by atoms with van der Waals surface area (Å²) in [5, 5.41) is 0. The Hall–Kier alpha value is -1.09. The first kappa shape index (κ1) is 23.2. The van der Waals surface area contributed by atoms with Gasteiger partial charge >= 0.3 is 177 Å². The molecular weight excluding hydrogens is 399 g/mol. The molecule has 2 rings (SSSR count). The molecule has 0 aliphatic rings. The van der Waals surface area contributed by atoms with Gasteiger partial charge in [-0.25, -0.2) is 0 Å². The fourth-order valence-electron chi connectivity index (χ4n) is 4.31. The molecule has 1 heterocycles. The van der Waals surface area contributed by atoms with Gasteiger partial charge in [-0.2, -0.15) is 0 Å². The van der Waals surface area contributed by atoms with Crippen molar-refractivity contribution in [3.63, 3.8) is 0 Å². The second-order valence-electron chi connectivity index (χ2n) is 10.8. The Labute approximate surface area is 176 Å². The van der Waals surface area contributed by atoms with Crippen LogP contribution in [0.2, 0.25) is 17.3 Å². The standard InChI is InChI=1S/C26H42GeN/c1-11-20(12-2)21-14-13-19(3)23(15-21)25-16-24(27(7,8)9)22(18-28(25)10)17-26(4,5)6/h13-16,18,20H,11-12,17H2,1-10H3/q+1. The van der Waals surface area contributed by atoms with Gasteiger partial charge in [0.1, 0.15) is 0 Å². The minimum absolute atomic E-state index is 0.308. The third kappa shape index (κ3) is 5.50. The third-order valence-electron chi connectivity index (χ3n) is 5.88. The number of nitrogens with zero attached hydrogens (tertiary/aromatic N) is 1. The molecule has 0 amide bonds. The van der Waals surface area contributed by atoms with Crippen LogP contribution in [0.25, 0.3) is 11.3 Å². The molecule has 0 aliphatic carbocycles. The van der Waals surface area contributed by atoms with Gasteiger partial charge in [0.2, 0.25) is 0 Å². The summed E-state index contributed by atoms with van der Waals surface area (Å²) >= 11 is -2.00. The van der Waals surface area contributed by atoms with E-state index >= 15 is 0 Å². The molecule has 0 radical (unpaired) electrons. The molecule has 154 valence electrons. The summed E-state index contributed by atoms with van der Waals surface area (Å²) in [4.78, 5) is 0. The molecule has 0 fully saturated rings. The molecular formula is C26H42GeN+. The summed E-state index contributed by atoms with van der Waals surface area (Å²) in [6, 6.07) is 9.67. The molecule has 0 saturated heterocycles. The summed E-state index contributed by atoms with van der Waals surface area (Å²) in [5.74, 6) is 8.24. The Bertz CT molecular complexity index is 818. The Morgan fingerprint density at radius 2 is 1.61 bits per heavy atom. The van der Waals surface area contributed by atoms with Crippen LogP contribution in [0, 0.1) is 12.3 Å². The number of benzene rings is 1. The van der Waals surface area contributed by atoms with Crippen LogP contribution in [0.5, 0.6) is 0 Å². The molecule has 0 N–H and O–H groups in total. The first-order valence-electron chi connectivity index (χ1n) is 11.0. The van der Waals surface area contributed by atoms with E-state index in [0.29, 0.717) is 11.3 Å². The van der Waals surface area contributed by atoms with Crippen molar-refractivity contribution in [2.45, 2.75) is 84.0 Å². The Morgan fingerprint density at radius 3 is 2.11 bits per heavy atom. The van der Waals surface area contributed by atoms with Crippen molar-refractivity contribution in [1.29, 1.82) is 0 Å². The third-order valence-corrected chi connectivity index (χ3v) is 10.2. The van der Waals surface area contributed by atoms with Crippen molar-refractivity contribution in [2.24, 2.45) is 12.5 Å². The second kappa shape index (κ2) is 8.73. The van der Waals surface area contributed by atoms with Crippen LogP contribution in [0.4, 0.5) is 0 Å². The van der Waals surface area contributed by atoms with Crippen molar-refractivity contribution in [1.82, 2.24) is 0 Å². The Morgan fingerprint density at radius 1 is 1.00 bits per heavy atom. The predicted octanol–water partition coefficient (Wildman–Crippen LogP) is 6.52. The number of aryl methyl sites for hydroxylation is 2. The number of pyridine rings is 1. The molecule has 0 atom stereocenters. The van der Waals surface area contributed by atoms with E-state index in [2.05, 4.69) is 101 Å². The molecule has 0 spiro atoms. The average Bonchev–Trinajstić information content (AvgIpc) is 2.55. The maximum absolute atomic E-state index is 2.54. The minimum atomic E-state index is -2.00. The molecule has 2 aromatic rings. The molecule has 1 aromatic carbocycles. The number of hydrogen-bond acceptors (Lipinski definition) is 0. The van der Waals surface area contributed by atoms with Gasteiger partial charge in [-0.1, -0.05) is 0 Å². The molecule has 0 saturated carbocycles. The van der Waals surface area contributed by atoms with Gasteiger partial charge in [-0.05, 0) is 0 Å². The fraction of sp³-hybridized carbons (Fsp3) is 0.577. The first-order chi connectivity index (χ1) is 12.9. The molecule has 0 bridgehead atoms. The zero-order chi connectivity index (χ0) is 21.3. The SMILES string of the molecule is CCC(CC)c1ccc(C)c(-c2c[c]([Ge]([CH3])([CH3])[CH3])c(CC(C)(C)C)c[n+]2C)c1. The van der Waals surface area contributed by atoms with E-state index in [0.717, 1.165) is 6.42 Å². The van der Waals surface area contributed by atoms with Crippen molar-refractivity contribution in [2.75, 3.05) is 0 Å². The van der Waals surface area contributed by atoms with Crippen molar-refractivity contribution in [3.05, 3.63) is 47.2 Å². The average molecular weight is 441 g/mol. The summed E-state index contributed by atoms with van der Waals surface area (Å²) in [7, 11) is 2.23. The van der Waals surface area contributed by atoms with Crippen molar-refractivity contribution in [3.8, 4) is 11.3 Å². The quantitative estimate of drug-likeness (QED) is 0.355.